The van der Waals surface area contributed by atoms with Crippen LogP contribution in [0, 0.1) is 0 Å². The second-order valence-electron chi connectivity index (χ2n) is 4.62. The number of benzene rings is 1. The molecule has 1 fully saturated rings. The molecule has 4 heteroatoms. The maximum absolute atomic E-state index is 12.5. The summed E-state index contributed by atoms with van der Waals surface area (Å²) in [6.45, 7) is 4.57. The SMILES string of the molecule is C=C1C[C@H]2C=Nc3ccc(OC)cc3C(=O)N2C1. The molecule has 92 valence electrons. The summed E-state index contributed by atoms with van der Waals surface area (Å²) in [6.07, 6.45) is 2.65. The minimum Gasteiger partial charge on any atom is -0.497 e. The van der Waals surface area contributed by atoms with E-state index in [4.69, 9.17) is 4.74 Å². The molecule has 2 heterocycles. The van der Waals surface area contributed by atoms with Crippen molar-refractivity contribution in [3.05, 3.63) is 35.9 Å². The molecule has 0 spiro atoms. The Labute approximate surface area is 106 Å². The Bertz CT molecular complexity index is 563. The predicted molar refractivity (Wildman–Crippen MR) is 69.7 cm³/mol. The average molecular weight is 242 g/mol. The van der Waals surface area contributed by atoms with Gasteiger partial charge >= 0.3 is 0 Å². The van der Waals surface area contributed by atoms with Gasteiger partial charge in [-0.25, -0.2) is 0 Å². The molecular formula is C14H14N2O2. The second kappa shape index (κ2) is 3.98. The molecule has 1 atom stereocenters. The molecule has 1 aromatic rings. The molecule has 0 unspecified atom stereocenters. The summed E-state index contributed by atoms with van der Waals surface area (Å²) in [6, 6.07) is 5.43. The summed E-state index contributed by atoms with van der Waals surface area (Å²) in [5, 5.41) is 0. The van der Waals surface area contributed by atoms with E-state index in [-0.39, 0.29) is 11.9 Å². The van der Waals surface area contributed by atoms with Crippen molar-refractivity contribution >= 4 is 17.8 Å². The molecule has 4 nitrogen and oxygen atoms in total. The number of rotatable bonds is 1. The van der Waals surface area contributed by atoms with E-state index in [1.54, 1.807) is 13.2 Å². The maximum atomic E-state index is 12.5. The Morgan fingerprint density at radius 1 is 1.50 bits per heavy atom. The number of nitrogens with zero attached hydrogens (tertiary/aromatic N) is 2. The number of hydrogen-bond donors (Lipinski definition) is 0. The van der Waals surface area contributed by atoms with Gasteiger partial charge in [0, 0.05) is 12.8 Å². The van der Waals surface area contributed by atoms with Crippen LogP contribution in [-0.2, 0) is 0 Å². The summed E-state index contributed by atoms with van der Waals surface area (Å²) < 4.78 is 5.16. The van der Waals surface area contributed by atoms with Gasteiger partial charge < -0.3 is 9.64 Å². The van der Waals surface area contributed by atoms with Crippen molar-refractivity contribution in [2.45, 2.75) is 12.5 Å². The third kappa shape index (κ3) is 1.61. The molecule has 3 rings (SSSR count). The van der Waals surface area contributed by atoms with Gasteiger partial charge in [0.25, 0.3) is 5.91 Å². The first-order chi connectivity index (χ1) is 8.69. The van der Waals surface area contributed by atoms with Crippen LogP contribution in [0.3, 0.4) is 0 Å². The summed E-state index contributed by atoms with van der Waals surface area (Å²) in [7, 11) is 1.59. The van der Waals surface area contributed by atoms with Gasteiger partial charge in [0.2, 0.25) is 0 Å². The van der Waals surface area contributed by atoms with Gasteiger partial charge in [0.1, 0.15) is 5.75 Å². The average Bonchev–Trinajstić information content (AvgIpc) is 2.71. The van der Waals surface area contributed by atoms with Crippen LogP contribution in [0.5, 0.6) is 5.75 Å². The molecule has 2 aliphatic rings. The van der Waals surface area contributed by atoms with E-state index in [0.717, 1.165) is 12.0 Å². The Morgan fingerprint density at radius 2 is 2.33 bits per heavy atom. The van der Waals surface area contributed by atoms with E-state index in [1.807, 2.05) is 23.2 Å². The highest BCUT2D eigenvalue weighted by molar-refractivity contribution is 6.03. The molecule has 2 aliphatic heterocycles. The zero-order valence-corrected chi connectivity index (χ0v) is 10.2. The molecule has 0 aliphatic carbocycles. The minimum atomic E-state index is 0.00468. The molecule has 1 aromatic carbocycles. The lowest BCUT2D eigenvalue weighted by Crippen LogP contribution is -2.35. The highest BCUT2D eigenvalue weighted by atomic mass is 16.5. The van der Waals surface area contributed by atoms with Crippen molar-refractivity contribution in [3.63, 3.8) is 0 Å². The van der Waals surface area contributed by atoms with E-state index < -0.39 is 0 Å². The van der Waals surface area contributed by atoms with Crippen molar-refractivity contribution < 1.29 is 9.53 Å². The molecule has 0 N–H and O–H groups in total. The quantitative estimate of drug-likeness (QED) is 0.708. The van der Waals surface area contributed by atoms with E-state index in [1.165, 1.54) is 0 Å². The predicted octanol–water partition coefficient (Wildman–Crippen LogP) is 2.18. The second-order valence-corrected chi connectivity index (χ2v) is 4.62. The third-order valence-corrected chi connectivity index (χ3v) is 3.37. The van der Waals surface area contributed by atoms with Gasteiger partial charge in [0.05, 0.1) is 24.4 Å². The third-order valence-electron chi connectivity index (χ3n) is 3.37. The van der Waals surface area contributed by atoms with Gasteiger partial charge in [-0.1, -0.05) is 12.2 Å². The molecule has 18 heavy (non-hydrogen) atoms. The normalized spacial score (nSPS) is 21.6. The van der Waals surface area contributed by atoms with E-state index in [9.17, 15) is 4.79 Å². The van der Waals surface area contributed by atoms with Gasteiger partial charge in [-0.2, -0.15) is 0 Å². The van der Waals surface area contributed by atoms with Crippen LogP contribution in [0.4, 0.5) is 5.69 Å². The number of ether oxygens (including phenoxy) is 1. The number of carbonyl (C=O) groups excluding carboxylic acids is 1. The Morgan fingerprint density at radius 3 is 3.11 bits per heavy atom. The fourth-order valence-corrected chi connectivity index (χ4v) is 2.43. The van der Waals surface area contributed by atoms with Crippen molar-refractivity contribution in [2.24, 2.45) is 4.99 Å². The van der Waals surface area contributed by atoms with Crippen LogP contribution in [-0.4, -0.2) is 36.7 Å². The first-order valence-corrected chi connectivity index (χ1v) is 5.89. The lowest BCUT2D eigenvalue weighted by Gasteiger charge is -2.19. The number of hydrogen-bond acceptors (Lipinski definition) is 3. The molecule has 0 radical (unpaired) electrons. The van der Waals surface area contributed by atoms with Crippen LogP contribution >= 0.6 is 0 Å². The number of aliphatic imine (C=N–C) groups is 1. The first kappa shape index (κ1) is 11.0. The number of methoxy groups -OCH3 is 1. The summed E-state index contributed by atoms with van der Waals surface area (Å²) in [5.41, 5.74) is 2.38. The van der Waals surface area contributed by atoms with Crippen LogP contribution in [0.2, 0.25) is 0 Å². The molecule has 1 saturated heterocycles. The largest absolute Gasteiger partial charge is 0.497 e. The van der Waals surface area contributed by atoms with Crippen LogP contribution < -0.4 is 4.74 Å². The lowest BCUT2D eigenvalue weighted by atomic mass is 10.1. The zero-order valence-electron chi connectivity index (χ0n) is 10.2. The van der Waals surface area contributed by atoms with Gasteiger partial charge in [0.15, 0.2) is 0 Å². The lowest BCUT2D eigenvalue weighted by molar-refractivity contribution is 0.0777. The molecule has 0 aromatic heterocycles. The molecule has 1 amide bonds. The van der Waals surface area contributed by atoms with Crippen LogP contribution in [0.25, 0.3) is 0 Å². The van der Waals surface area contributed by atoms with Crippen LogP contribution in [0.1, 0.15) is 16.8 Å². The van der Waals surface area contributed by atoms with E-state index in [2.05, 4.69) is 11.6 Å². The van der Waals surface area contributed by atoms with Gasteiger partial charge in [-0.15, -0.1) is 0 Å². The molecule has 0 saturated carbocycles. The van der Waals surface area contributed by atoms with Crippen LogP contribution in [0.15, 0.2) is 35.3 Å². The molecule has 0 bridgehead atoms. The summed E-state index contributed by atoms with van der Waals surface area (Å²) in [4.78, 5) is 18.7. The van der Waals surface area contributed by atoms with Crippen molar-refractivity contribution in [1.29, 1.82) is 0 Å². The fraction of sp³-hybridized carbons (Fsp3) is 0.286. The maximum Gasteiger partial charge on any atom is 0.257 e. The highest BCUT2D eigenvalue weighted by Gasteiger charge is 2.33. The van der Waals surface area contributed by atoms with E-state index >= 15 is 0 Å². The number of carbonyl (C=O) groups is 1. The Kier molecular flexibility index (Phi) is 2.44. The minimum absolute atomic E-state index is 0.00468. The number of fused-ring (bicyclic) bond motifs is 2. The first-order valence-electron chi connectivity index (χ1n) is 5.89. The number of amides is 1. The Balaban J connectivity index is 2.07. The zero-order chi connectivity index (χ0) is 12.7. The highest BCUT2D eigenvalue weighted by Crippen LogP contribution is 2.32. The fourth-order valence-electron chi connectivity index (χ4n) is 2.43. The van der Waals surface area contributed by atoms with Gasteiger partial charge in [-0.05, 0) is 24.6 Å². The topological polar surface area (TPSA) is 41.9 Å². The van der Waals surface area contributed by atoms with E-state index in [0.29, 0.717) is 23.5 Å². The van der Waals surface area contributed by atoms with Crippen molar-refractivity contribution in [2.75, 3.05) is 13.7 Å². The summed E-state index contributed by atoms with van der Waals surface area (Å²) >= 11 is 0. The van der Waals surface area contributed by atoms with Crippen molar-refractivity contribution in [1.82, 2.24) is 4.90 Å². The van der Waals surface area contributed by atoms with Crippen molar-refractivity contribution in [3.8, 4) is 5.75 Å². The van der Waals surface area contributed by atoms with Gasteiger partial charge in [-0.3, -0.25) is 9.79 Å². The molecular weight excluding hydrogens is 228 g/mol. The smallest absolute Gasteiger partial charge is 0.257 e. The summed E-state index contributed by atoms with van der Waals surface area (Å²) in [5.74, 6) is 0.679. The Hall–Kier alpha value is -2.10. The standard InChI is InChI=1S/C14H14N2O2/c1-9-5-10-7-15-13-4-3-11(18-2)6-12(13)14(17)16(10)8-9/h3-4,6-7,10H,1,5,8H2,2H3/t10-/m0/s1. The monoisotopic (exact) mass is 242 g/mol.